The average molecular weight is 586 g/mol. The van der Waals surface area contributed by atoms with Crippen LogP contribution in [0.25, 0.3) is 39.1 Å². The van der Waals surface area contributed by atoms with Crippen molar-refractivity contribution in [2.24, 2.45) is 0 Å². The van der Waals surface area contributed by atoms with Crippen LogP contribution in [-0.2, 0) is 19.3 Å². The predicted molar refractivity (Wildman–Crippen MR) is 143 cm³/mol. The van der Waals surface area contributed by atoms with Gasteiger partial charge in [0, 0.05) is 68.9 Å². The number of piperidine rings is 1. The van der Waals surface area contributed by atoms with Gasteiger partial charge in [0.05, 0.1) is 34.2 Å². The fraction of sp³-hybridized carbons (Fsp3) is 0.321. The van der Waals surface area contributed by atoms with E-state index in [4.69, 9.17) is 0 Å². The zero-order chi connectivity index (χ0) is 29.4. The maximum Gasteiger partial charge on any atom is 0.416 e. The number of rotatable bonds is 2. The van der Waals surface area contributed by atoms with E-state index in [2.05, 4.69) is 15.2 Å². The minimum Gasteiger partial charge on any atom is -0.345 e. The number of H-pyrrole nitrogens is 2. The molecular formula is C28H24F5N7O2. The lowest BCUT2D eigenvalue weighted by molar-refractivity contribution is -0.137. The summed E-state index contributed by atoms with van der Waals surface area (Å²) in [6.07, 6.45) is -0.632. The van der Waals surface area contributed by atoms with E-state index >= 15 is 0 Å². The van der Waals surface area contributed by atoms with Crippen LogP contribution in [0, 0.1) is 0 Å². The molecule has 1 aromatic carbocycles. The zero-order valence-corrected chi connectivity index (χ0v) is 22.0. The largest absolute Gasteiger partial charge is 0.416 e. The minimum absolute atomic E-state index is 0.121. The van der Waals surface area contributed by atoms with Gasteiger partial charge in [0.15, 0.2) is 0 Å². The third-order valence-corrected chi connectivity index (χ3v) is 8.11. The molecule has 0 unspecified atom stereocenters. The van der Waals surface area contributed by atoms with Crippen molar-refractivity contribution in [2.75, 3.05) is 19.6 Å². The molecule has 2 aliphatic heterocycles. The predicted octanol–water partition coefficient (Wildman–Crippen LogP) is 5.32. The van der Waals surface area contributed by atoms with Gasteiger partial charge in [0.25, 0.3) is 11.5 Å². The molecule has 14 heteroatoms. The summed E-state index contributed by atoms with van der Waals surface area (Å²) < 4.78 is 73.3. The van der Waals surface area contributed by atoms with Crippen LogP contribution in [0.4, 0.5) is 26.7 Å². The Morgan fingerprint density at radius 2 is 1.79 bits per heavy atom. The molecule has 9 nitrogen and oxygen atoms in total. The number of nitrogens with zero attached hydrogens (tertiary/aromatic N) is 5. The highest BCUT2D eigenvalue weighted by Gasteiger charge is 2.38. The summed E-state index contributed by atoms with van der Waals surface area (Å²) >= 11 is 0. The highest BCUT2D eigenvalue weighted by atomic mass is 19.4. The first kappa shape index (κ1) is 26.3. The molecule has 0 radical (unpaired) electrons. The molecule has 4 aromatic heterocycles. The molecule has 5 aromatic rings. The second-order valence-electron chi connectivity index (χ2n) is 10.7. The van der Waals surface area contributed by atoms with Gasteiger partial charge in [-0.1, -0.05) is 6.07 Å². The Kier molecular flexibility index (Phi) is 5.75. The summed E-state index contributed by atoms with van der Waals surface area (Å²) in [7, 11) is 0. The summed E-state index contributed by atoms with van der Waals surface area (Å²) in [6, 6.07) is 6.96. The third-order valence-electron chi connectivity index (χ3n) is 8.11. The maximum atomic E-state index is 14.2. The van der Waals surface area contributed by atoms with Gasteiger partial charge in [-0.05, 0) is 29.8 Å². The van der Waals surface area contributed by atoms with Gasteiger partial charge < -0.3 is 14.4 Å². The van der Waals surface area contributed by atoms with Gasteiger partial charge in [0.1, 0.15) is 5.65 Å². The standard InChI is InChI=1S/C28H24F5N7O2/c29-27(30)4-7-37(8-5-27)26(42)39-10-9-38-15-19(18-12-17(28(31,32)33)11-16(14-39)24(18)38)23-22(25(41)36-35-23)20-13-34-21-3-1-2-6-40(20)21/h1-3,6,11-13,15H,4-5,7-10,14H2,(H2,35,36,41). The van der Waals surface area contributed by atoms with Crippen LogP contribution in [0.15, 0.2) is 53.7 Å². The van der Waals surface area contributed by atoms with Gasteiger partial charge in [-0.3, -0.25) is 19.4 Å². The number of halogens is 5. The lowest BCUT2D eigenvalue weighted by atomic mass is 10.00. The monoisotopic (exact) mass is 585 g/mol. The van der Waals surface area contributed by atoms with Crippen molar-refractivity contribution in [1.82, 2.24) is 33.9 Å². The Labute approximate surface area is 234 Å². The first-order valence-electron chi connectivity index (χ1n) is 13.4. The van der Waals surface area contributed by atoms with Crippen LogP contribution < -0.4 is 5.56 Å². The van der Waals surface area contributed by atoms with Gasteiger partial charge >= 0.3 is 12.2 Å². The molecule has 0 atom stereocenters. The normalized spacial score (nSPS) is 17.3. The molecule has 1 saturated heterocycles. The Balaban J connectivity index is 1.35. The molecule has 0 bridgehead atoms. The topological polar surface area (TPSA) is 94.4 Å². The lowest BCUT2D eigenvalue weighted by Gasteiger charge is -2.35. The molecule has 6 heterocycles. The van der Waals surface area contributed by atoms with E-state index in [0.29, 0.717) is 28.1 Å². The summed E-state index contributed by atoms with van der Waals surface area (Å²) in [6.45, 7) is 0.0474. The number of alkyl halides is 5. The number of hydrogen-bond acceptors (Lipinski definition) is 3. The number of pyridine rings is 1. The van der Waals surface area contributed by atoms with Crippen LogP contribution >= 0.6 is 0 Å². The smallest absolute Gasteiger partial charge is 0.345 e. The van der Waals surface area contributed by atoms with Gasteiger partial charge in [0.2, 0.25) is 0 Å². The van der Waals surface area contributed by atoms with Crippen LogP contribution in [0.1, 0.15) is 24.0 Å². The molecule has 2 aliphatic rings. The number of carbonyl (C=O) groups excluding carboxylic acids is 1. The van der Waals surface area contributed by atoms with E-state index in [9.17, 15) is 31.5 Å². The van der Waals surface area contributed by atoms with Crippen molar-refractivity contribution in [3.8, 4) is 22.5 Å². The first-order chi connectivity index (χ1) is 20.0. The van der Waals surface area contributed by atoms with Gasteiger partial charge in [-0.15, -0.1) is 0 Å². The third kappa shape index (κ3) is 4.23. The number of aromatic amines is 2. The lowest BCUT2D eigenvalue weighted by Crippen LogP contribution is -2.49. The number of urea groups is 1. The maximum absolute atomic E-state index is 14.2. The van der Waals surface area contributed by atoms with E-state index in [0.717, 1.165) is 12.1 Å². The van der Waals surface area contributed by atoms with Crippen LogP contribution in [0.3, 0.4) is 0 Å². The first-order valence-corrected chi connectivity index (χ1v) is 13.4. The molecule has 218 valence electrons. The molecule has 2 N–H and O–H groups in total. The molecule has 42 heavy (non-hydrogen) atoms. The average Bonchev–Trinajstić information content (AvgIpc) is 3.60. The van der Waals surface area contributed by atoms with Crippen LogP contribution in [-0.4, -0.2) is 65.5 Å². The fourth-order valence-corrected chi connectivity index (χ4v) is 6.01. The quantitative estimate of drug-likeness (QED) is 0.275. The van der Waals surface area contributed by atoms with Crippen molar-refractivity contribution in [3.05, 3.63) is 70.4 Å². The second kappa shape index (κ2) is 9.19. The Hall–Kier alpha value is -4.62. The number of likely N-dealkylation sites (tertiary alicyclic amines) is 1. The number of fused-ring (bicyclic) bond motifs is 1. The summed E-state index contributed by atoms with van der Waals surface area (Å²) in [5, 5.41) is 5.69. The number of benzene rings is 1. The fourth-order valence-electron chi connectivity index (χ4n) is 6.01. The van der Waals surface area contributed by atoms with Crippen molar-refractivity contribution in [3.63, 3.8) is 0 Å². The molecule has 0 aliphatic carbocycles. The summed E-state index contributed by atoms with van der Waals surface area (Å²) in [5.41, 5.74) is 1.40. The van der Waals surface area contributed by atoms with E-state index in [1.54, 1.807) is 39.6 Å². The molecule has 0 saturated carbocycles. The van der Waals surface area contributed by atoms with Crippen molar-refractivity contribution in [1.29, 1.82) is 0 Å². The molecule has 2 amide bonds. The van der Waals surface area contributed by atoms with Crippen LogP contribution in [0.5, 0.6) is 0 Å². The number of amides is 2. The number of imidazole rings is 1. The highest BCUT2D eigenvalue weighted by Crippen LogP contribution is 2.41. The zero-order valence-electron chi connectivity index (χ0n) is 22.0. The van der Waals surface area contributed by atoms with Crippen molar-refractivity contribution >= 4 is 22.6 Å². The summed E-state index contributed by atoms with van der Waals surface area (Å²) in [4.78, 5) is 33.4. The van der Waals surface area contributed by atoms with Gasteiger partial charge in [-0.2, -0.15) is 13.2 Å². The van der Waals surface area contributed by atoms with Crippen LogP contribution in [0.2, 0.25) is 0 Å². The van der Waals surface area contributed by atoms with E-state index in [1.807, 2.05) is 0 Å². The van der Waals surface area contributed by atoms with E-state index in [1.165, 1.54) is 16.0 Å². The summed E-state index contributed by atoms with van der Waals surface area (Å²) in [5.74, 6) is -2.83. The SMILES string of the molecule is O=C(N1CCC(F)(F)CC1)N1CCn2cc(-c3[nH][nH]c(=O)c3-c3cnc4ccccn34)c3cc(C(F)(F)F)cc(c32)C1. The van der Waals surface area contributed by atoms with Gasteiger partial charge in [-0.25, -0.2) is 18.6 Å². The van der Waals surface area contributed by atoms with Crippen molar-refractivity contribution in [2.45, 2.75) is 38.0 Å². The Bertz CT molecular complexity index is 1910. The Morgan fingerprint density at radius 1 is 1.00 bits per heavy atom. The molecular weight excluding hydrogens is 561 g/mol. The minimum atomic E-state index is -4.68. The number of aromatic nitrogens is 5. The Morgan fingerprint density at radius 3 is 2.55 bits per heavy atom. The van der Waals surface area contributed by atoms with Crippen molar-refractivity contribution < 1.29 is 26.7 Å². The van der Waals surface area contributed by atoms with E-state index in [-0.39, 0.29) is 49.2 Å². The molecule has 7 rings (SSSR count). The van der Waals surface area contributed by atoms with E-state index < -0.39 is 42.1 Å². The molecule has 1 fully saturated rings. The number of hydrogen-bond donors (Lipinski definition) is 2. The molecule has 0 spiro atoms. The highest BCUT2D eigenvalue weighted by molar-refractivity contribution is 6.00. The number of carbonyl (C=O) groups is 1. The number of nitrogens with one attached hydrogen (secondary N) is 2. The second-order valence-corrected chi connectivity index (χ2v) is 10.7.